The van der Waals surface area contributed by atoms with Crippen LogP contribution in [0.25, 0.3) is 0 Å². The Morgan fingerprint density at radius 2 is 1.84 bits per heavy atom. The number of nitrogens with zero attached hydrogens (tertiary/aromatic N) is 4. The molecule has 3 aliphatic heterocycles. The normalized spacial score (nSPS) is 31.6. The second kappa shape index (κ2) is 11.3. The number of likely N-dealkylation sites (tertiary alicyclic amines) is 1. The number of halogens is 1. The first-order valence-electron chi connectivity index (χ1n) is 16.6. The zero-order chi connectivity index (χ0) is 31.6. The fourth-order valence-electron chi connectivity index (χ4n) is 9.68. The maximum atomic E-state index is 13.7. The van der Waals surface area contributed by atoms with E-state index in [1.807, 2.05) is 17.0 Å². The minimum Gasteiger partial charge on any atom is -0.489 e. The Kier molecular flexibility index (Phi) is 7.67. The van der Waals surface area contributed by atoms with Crippen molar-refractivity contribution in [2.75, 3.05) is 26.2 Å². The van der Waals surface area contributed by atoms with Gasteiger partial charge in [-0.25, -0.2) is 4.98 Å². The van der Waals surface area contributed by atoms with Gasteiger partial charge in [-0.1, -0.05) is 45.2 Å². The van der Waals surface area contributed by atoms with Crippen molar-refractivity contribution < 1.29 is 9.53 Å². The van der Waals surface area contributed by atoms with Crippen molar-refractivity contribution in [2.45, 2.75) is 91.0 Å². The second-order valence-corrected chi connectivity index (χ2v) is 15.7. The first kappa shape index (κ1) is 30.5. The predicted octanol–water partition coefficient (Wildman–Crippen LogP) is 6.04. The van der Waals surface area contributed by atoms with Gasteiger partial charge in [0, 0.05) is 48.0 Å². The fraction of sp³-hybridized carbons (Fsp3) is 0.595. The van der Waals surface area contributed by atoms with Crippen molar-refractivity contribution in [3.8, 4) is 23.7 Å². The Bertz CT molecular complexity index is 1590. The highest BCUT2D eigenvalue weighted by Gasteiger charge is 2.67. The van der Waals surface area contributed by atoms with Crippen LogP contribution in [-0.2, 0) is 6.54 Å². The second-order valence-electron chi connectivity index (χ2n) is 15.3. The summed E-state index contributed by atoms with van der Waals surface area (Å²) in [6.45, 7) is 14.0. The summed E-state index contributed by atoms with van der Waals surface area (Å²) in [5.41, 5.74) is 2.58. The van der Waals surface area contributed by atoms with E-state index < -0.39 is 0 Å². The monoisotopic (exact) mass is 625 g/mol. The van der Waals surface area contributed by atoms with Crippen molar-refractivity contribution >= 4 is 17.5 Å². The molecule has 2 aromatic rings. The number of nitriles is 1. The van der Waals surface area contributed by atoms with E-state index in [-0.39, 0.29) is 28.9 Å². The van der Waals surface area contributed by atoms with Crippen molar-refractivity contribution in [1.82, 2.24) is 20.1 Å². The minimum absolute atomic E-state index is 0.0263. The summed E-state index contributed by atoms with van der Waals surface area (Å²) in [7, 11) is 0. The molecule has 8 heteroatoms. The van der Waals surface area contributed by atoms with E-state index in [1.54, 1.807) is 18.2 Å². The molecule has 0 radical (unpaired) electrons. The third-order valence-corrected chi connectivity index (χ3v) is 11.9. The molecule has 1 aromatic carbocycles. The summed E-state index contributed by atoms with van der Waals surface area (Å²) in [5.74, 6) is 7.98. The maximum absolute atomic E-state index is 13.7. The largest absolute Gasteiger partial charge is 0.489 e. The van der Waals surface area contributed by atoms with Crippen LogP contribution >= 0.6 is 11.6 Å². The van der Waals surface area contributed by atoms with E-state index in [0.717, 1.165) is 24.2 Å². The van der Waals surface area contributed by atoms with E-state index in [0.29, 0.717) is 45.8 Å². The van der Waals surface area contributed by atoms with Crippen molar-refractivity contribution in [3.05, 3.63) is 57.9 Å². The standard InChI is InChI=1S/C37H44ClN5O2/c1-35(2)33(36(3,4)34(35)45-28-13-8-25(20-39)30(38)19-28)43-21-31-29(32(43)44)14-10-26(41-31)9-5-24-6-11-27(12-7-24)42-18-16-37(23-42)15-17-40-22-37/h8,10,13-14,19,24,27,33-34,40H,6-7,11-12,15-18,21-23H2,1-4H3/t24?,27?,33-,34-,37?. The zero-order valence-electron chi connectivity index (χ0n) is 27.0. The lowest BCUT2D eigenvalue weighted by molar-refractivity contribution is -0.199. The average Bonchev–Trinajstić information content (AvgIpc) is 3.74. The number of ether oxygens (including phenoxy) is 1. The SMILES string of the molecule is CC1(C)[C@H](Oc2ccc(C#N)c(Cl)c2)C(C)(C)[C@H]1N1Cc2nc(C#CC3CCC(N4CCC5(CCNC5)C4)CC3)ccc2C1=O. The zero-order valence-corrected chi connectivity index (χ0v) is 27.7. The van der Waals surface area contributed by atoms with E-state index in [1.165, 1.54) is 51.9 Å². The Labute approximate surface area is 272 Å². The van der Waals surface area contributed by atoms with Gasteiger partial charge in [0.15, 0.2) is 0 Å². The summed E-state index contributed by atoms with van der Waals surface area (Å²) in [5, 5.41) is 13.2. The molecule has 4 fully saturated rings. The van der Waals surface area contributed by atoms with Gasteiger partial charge in [-0.15, -0.1) is 0 Å². The fourth-order valence-corrected chi connectivity index (χ4v) is 9.89. The Balaban J connectivity index is 0.981. The smallest absolute Gasteiger partial charge is 0.256 e. The third kappa shape index (κ3) is 5.32. The number of benzene rings is 1. The number of pyridine rings is 1. The molecule has 1 aromatic heterocycles. The molecule has 4 heterocycles. The highest BCUT2D eigenvalue weighted by molar-refractivity contribution is 6.31. The van der Waals surface area contributed by atoms with Crippen LogP contribution in [0.4, 0.5) is 0 Å². The molecule has 2 saturated carbocycles. The Morgan fingerprint density at radius 3 is 2.53 bits per heavy atom. The Morgan fingerprint density at radius 1 is 1.07 bits per heavy atom. The summed E-state index contributed by atoms with van der Waals surface area (Å²) in [4.78, 5) is 23.3. The van der Waals surface area contributed by atoms with E-state index >= 15 is 0 Å². The molecular formula is C37H44ClN5O2. The van der Waals surface area contributed by atoms with Gasteiger partial charge in [0.1, 0.15) is 23.6 Å². The first-order valence-corrected chi connectivity index (χ1v) is 17.0. The number of rotatable bonds is 4. The van der Waals surface area contributed by atoms with E-state index in [4.69, 9.17) is 21.3 Å². The molecule has 0 bridgehead atoms. The number of hydrogen-bond acceptors (Lipinski definition) is 6. The van der Waals surface area contributed by atoms with Crippen LogP contribution < -0.4 is 10.1 Å². The lowest BCUT2D eigenvalue weighted by atomic mass is 9.49. The van der Waals surface area contributed by atoms with Crippen LogP contribution in [0, 0.1) is 45.3 Å². The average molecular weight is 626 g/mol. The van der Waals surface area contributed by atoms with Gasteiger partial charge in [-0.2, -0.15) is 5.26 Å². The van der Waals surface area contributed by atoms with Gasteiger partial charge < -0.3 is 15.0 Å². The quantitative estimate of drug-likeness (QED) is 0.417. The number of fused-ring (bicyclic) bond motifs is 1. The molecule has 5 aliphatic rings. The molecular weight excluding hydrogens is 582 g/mol. The van der Waals surface area contributed by atoms with Gasteiger partial charge in [-0.3, -0.25) is 9.69 Å². The number of aromatic nitrogens is 1. The number of amides is 1. The molecule has 45 heavy (non-hydrogen) atoms. The van der Waals surface area contributed by atoms with Gasteiger partial charge >= 0.3 is 0 Å². The lowest BCUT2D eigenvalue weighted by Gasteiger charge is -2.65. The predicted molar refractivity (Wildman–Crippen MR) is 175 cm³/mol. The van der Waals surface area contributed by atoms with Gasteiger partial charge in [0.25, 0.3) is 5.91 Å². The van der Waals surface area contributed by atoms with Crippen LogP contribution in [0.5, 0.6) is 5.75 Å². The molecule has 1 atom stereocenters. The molecule has 1 spiro atoms. The molecule has 7 rings (SSSR count). The maximum Gasteiger partial charge on any atom is 0.256 e. The third-order valence-electron chi connectivity index (χ3n) is 11.6. The number of carbonyl (C=O) groups excluding carboxylic acids is 1. The molecule has 236 valence electrons. The van der Waals surface area contributed by atoms with Crippen molar-refractivity contribution in [3.63, 3.8) is 0 Å². The lowest BCUT2D eigenvalue weighted by Crippen LogP contribution is -2.74. The van der Waals surface area contributed by atoms with Crippen molar-refractivity contribution in [1.29, 1.82) is 5.26 Å². The van der Waals surface area contributed by atoms with Crippen LogP contribution in [0.15, 0.2) is 30.3 Å². The number of carbonyl (C=O) groups is 1. The first-order chi connectivity index (χ1) is 21.5. The highest BCUT2D eigenvalue weighted by Crippen LogP contribution is 2.59. The number of hydrogen-bond donors (Lipinski definition) is 1. The van der Waals surface area contributed by atoms with Crippen LogP contribution in [0.1, 0.15) is 93.5 Å². The summed E-state index contributed by atoms with van der Waals surface area (Å²) < 4.78 is 6.46. The van der Waals surface area contributed by atoms with Crippen molar-refractivity contribution in [2.24, 2.45) is 22.2 Å². The van der Waals surface area contributed by atoms with Crippen LogP contribution in [-0.4, -0.2) is 65.1 Å². The van der Waals surface area contributed by atoms with Gasteiger partial charge in [0.2, 0.25) is 0 Å². The summed E-state index contributed by atoms with van der Waals surface area (Å²) in [6.07, 6.45) is 7.32. The van der Waals surface area contributed by atoms with Crippen LogP contribution in [0.3, 0.4) is 0 Å². The molecule has 2 aliphatic carbocycles. The molecule has 2 saturated heterocycles. The molecule has 1 unspecified atom stereocenters. The molecule has 7 nitrogen and oxygen atoms in total. The summed E-state index contributed by atoms with van der Waals surface area (Å²) >= 11 is 6.27. The topological polar surface area (TPSA) is 81.5 Å². The van der Waals surface area contributed by atoms with Crippen LogP contribution in [0.2, 0.25) is 5.02 Å². The number of nitrogens with one attached hydrogen (secondary N) is 1. The van der Waals surface area contributed by atoms with E-state index in [2.05, 4.69) is 55.8 Å². The minimum atomic E-state index is -0.313. The Hall–Kier alpha value is -3.10. The van der Waals surface area contributed by atoms with E-state index in [9.17, 15) is 10.1 Å². The molecule has 1 N–H and O–H groups in total. The van der Waals surface area contributed by atoms with Gasteiger partial charge in [0.05, 0.1) is 28.4 Å². The summed E-state index contributed by atoms with van der Waals surface area (Å²) in [6, 6.07) is 11.8. The van der Waals surface area contributed by atoms with Gasteiger partial charge in [-0.05, 0) is 87.2 Å². The molecule has 1 amide bonds. The highest BCUT2D eigenvalue weighted by atomic mass is 35.5.